The van der Waals surface area contributed by atoms with Gasteiger partial charge in [-0.05, 0) is 51.9 Å². The van der Waals surface area contributed by atoms with Gasteiger partial charge in [-0.2, -0.15) is 0 Å². The maximum atomic E-state index is 13.2. The van der Waals surface area contributed by atoms with Gasteiger partial charge in [0.15, 0.2) is 6.23 Å². The van der Waals surface area contributed by atoms with Crippen molar-refractivity contribution in [1.29, 1.82) is 0 Å². The van der Waals surface area contributed by atoms with E-state index in [1.807, 2.05) is 63.9 Å². The summed E-state index contributed by atoms with van der Waals surface area (Å²) in [4.78, 5) is 16.8. The normalized spacial score (nSPS) is 15.3. The van der Waals surface area contributed by atoms with Crippen molar-refractivity contribution in [3.05, 3.63) is 77.0 Å². The van der Waals surface area contributed by atoms with Crippen molar-refractivity contribution >= 4 is 5.91 Å². The molecule has 1 unspecified atom stereocenters. The average molecular weight is 485 g/mol. The minimum Gasteiger partial charge on any atom is -0.386 e. The van der Waals surface area contributed by atoms with Crippen molar-refractivity contribution < 1.29 is 19.2 Å². The summed E-state index contributed by atoms with van der Waals surface area (Å²) in [7, 11) is 1.90. The Bertz CT molecular complexity index is 999. The molecule has 1 saturated heterocycles. The van der Waals surface area contributed by atoms with Crippen LogP contribution in [0.5, 0.6) is 0 Å². The summed E-state index contributed by atoms with van der Waals surface area (Å²) < 4.78 is 10.6. The molecule has 1 aliphatic heterocycles. The molecule has 1 aromatic heterocycles. The minimum atomic E-state index is -0.912. The van der Waals surface area contributed by atoms with Crippen molar-refractivity contribution in [2.75, 3.05) is 20.2 Å². The molecule has 1 amide bonds. The Hall–Kier alpha value is -2.94. The van der Waals surface area contributed by atoms with Crippen LogP contribution < -0.4 is 5.32 Å². The van der Waals surface area contributed by atoms with E-state index >= 15 is 0 Å². The van der Waals surface area contributed by atoms with Gasteiger partial charge in [-0.15, -0.1) is 0 Å². The SMILES string of the molecule is C=C/C(=C\NCc1c(C)noc1C)N(C(=O)CN(C)Cc1cccc(C(C)(C)O)c1)C1CO1.CC. The Morgan fingerprint density at radius 1 is 1.34 bits per heavy atom. The van der Waals surface area contributed by atoms with Crippen molar-refractivity contribution in [2.24, 2.45) is 0 Å². The Balaban J connectivity index is 0.00000210. The van der Waals surface area contributed by atoms with Gasteiger partial charge in [0.1, 0.15) is 5.76 Å². The van der Waals surface area contributed by atoms with Crippen molar-refractivity contribution in [2.45, 2.75) is 66.5 Å². The number of aliphatic hydroxyl groups is 1. The van der Waals surface area contributed by atoms with Crippen LogP contribution in [-0.4, -0.2) is 52.4 Å². The van der Waals surface area contributed by atoms with Gasteiger partial charge in [0, 0.05) is 24.9 Å². The Morgan fingerprint density at radius 2 is 2.03 bits per heavy atom. The molecule has 2 N–H and O–H groups in total. The van der Waals surface area contributed by atoms with Gasteiger partial charge in [-0.3, -0.25) is 14.6 Å². The summed E-state index contributed by atoms with van der Waals surface area (Å²) >= 11 is 0. The zero-order valence-corrected chi connectivity index (χ0v) is 22.1. The molecule has 0 saturated carbocycles. The van der Waals surface area contributed by atoms with Crippen LogP contribution >= 0.6 is 0 Å². The highest BCUT2D eigenvalue weighted by Crippen LogP contribution is 2.23. The molecule has 1 aromatic carbocycles. The molecule has 1 aliphatic rings. The molecule has 8 heteroatoms. The predicted molar refractivity (Wildman–Crippen MR) is 137 cm³/mol. The molecule has 1 fully saturated rings. The molecule has 2 aromatic rings. The maximum Gasteiger partial charge on any atom is 0.243 e. The average Bonchev–Trinajstić information content (AvgIpc) is 3.59. The molecule has 0 spiro atoms. The Kier molecular flexibility index (Phi) is 10.2. The molecule has 2 heterocycles. The summed E-state index contributed by atoms with van der Waals surface area (Å²) in [5, 5.41) is 17.5. The van der Waals surface area contributed by atoms with Crippen LogP contribution in [0.1, 0.15) is 55.8 Å². The minimum absolute atomic E-state index is 0.0797. The second-order valence-corrected chi connectivity index (χ2v) is 8.94. The van der Waals surface area contributed by atoms with Gasteiger partial charge < -0.3 is 19.7 Å². The number of carbonyl (C=O) groups excluding carboxylic acids is 1. The third kappa shape index (κ3) is 8.06. The highest BCUT2D eigenvalue weighted by Gasteiger charge is 2.36. The van der Waals surface area contributed by atoms with Crippen LogP contribution in [0, 0.1) is 13.8 Å². The lowest BCUT2D eigenvalue weighted by Gasteiger charge is -2.25. The lowest BCUT2D eigenvalue weighted by atomic mass is 9.96. The van der Waals surface area contributed by atoms with E-state index in [0.717, 1.165) is 28.1 Å². The molecule has 0 radical (unpaired) electrons. The first-order valence-electron chi connectivity index (χ1n) is 12.0. The van der Waals surface area contributed by atoms with Gasteiger partial charge in [0.2, 0.25) is 5.91 Å². The third-order valence-corrected chi connectivity index (χ3v) is 5.56. The summed E-state index contributed by atoms with van der Waals surface area (Å²) in [6, 6.07) is 7.78. The highest BCUT2D eigenvalue weighted by molar-refractivity contribution is 5.81. The number of carbonyl (C=O) groups is 1. The number of aryl methyl sites for hydroxylation is 2. The van der Waals surface area contributed by atoms with Crippen molar-refractivity contribution in [3.63, 3.8) is 0 Å². The largest absolute Gasteiger partial charge is 0.386 e. The lowest BCUT2D eigenvalue weighted by molar-refractivity contribution is -0.131. The molecule has 35 heavy (non-hydrogen) atoms. The van der Waals surface area contributed by atoms with Gasteiger partial charge >= 0.3 is 0 Å². The van der Waals surface area contributed by atoms with Crippen molar-refractivity contribution in [3.8, 4) is 0 Å². The first-order valence-corrected chi connectivity index (χ1v) is 12.0. The zero-order valence-electron chi connectivity index (χ0n) is 22.1. The zero-order chi connectivity index (χ0) is 26.2. The smallest absolute Gasteiger partial charge is 0.243 e. The number of amides is 1. The van der Waals surface area contributed by atoms with Gasteiger partial charge in [0.25, 0.3) is 0 Å². The molecular formula is C27H40N4O4. The van der Waals surface area contributed by atoms with E-state index < -0.39 is 5.60 Å². The fourth-order valence-corrected chi connectivity index (χ4v) is 3.63. The van der Waals surface area contributed by atoms with Gasteiger partial charge in [-0.1, -0.05) is 49.8 Å². The topological polar surface area (TPSA) is 94.4 Å². The van der Waals surface area contributed by atoms with Gasteiger partial charge in [0.05, 0.1) is 30.1 Å². The third-order valence-electron chi connectivity index (χ3n) is 5.56. The van der Waals surface area contributed by atoms with Crippen LogP contribution in [0.3, 0.4) is 0 Å². The number of nitrogens with zero attached hydrogens (tertiary/aromatic N) is 3. The van der Waals surface area contributed by atoms with Crippen molar-refractivity contribution in [1.82, 2.24) is 20.3 Å². The summed E-state index contributed by atoms with van der Waals surface area (Å²) in [6.45, 7) is 17.0. The molecule has 0 aliphatic carbocycles. The van der Waals surface area contributed by atoms with E-state index in [9.17, 15) is 9.90 Å². The van der Waals surface area contributed by atoms with E-state index in [2.05, 4.69) is 17.1 Å². The van der Waals surface area contributed by atoms with Crippen LogP contribution in [0.4, 0.5) is 0 Å². The number of hydrogen-bond donors (Lipinski definition) is 2. The molecule has 3 rings (SSSR count). The Labute approximate surface area is 209 Å². The lowest BCUT2D eigenvalue weighted by Crippen LogP contribution is -2.40. The van der Waals surface area contributed by atoms with Crippen LogP contribution in [-0.2, 0) is 28.2 Å². The second-order valence-electron chi connectivity index (χ2n) is 8.94. The molecule has 192 valence electrons. The van der Waals surface area contributed by atoms with E-state index in [0.29, 0.717) is 25.4 Å². The number of ether oxygens (including phenoxy) is 1. The number of aromatic nitrogens is 1. The molecule has 1 atom stereocenters. The first-order chi connectivity index (χ1) is 16.6. The van der Waals surface area contributed by atoms with Crippen LogP contribution in [0.25, 0.3) is 0 Å². The number of hydrogen-bond acceptors (Lipinski definition) is 7. The van der Waals surface area contributed by atoms with E-state index in [1.165, 1.54) is 0 Å². The number of benzene rings is 1. The van der Waals surface area contributed by atoms with Crippen LogP contribution in [0.15, 0.2) is 53.3 Å². The first kappa shape index (κ1) is 28.3. The number of nitrogens with one attached hydrogen (secondary N) is 1. The monoisotopic (exact) mass is 484 g/mol. The standard InChI is InChI=1S/C25H34N4O4.C2H6/c1-7-21(12-26-13-22-17(2)27-33-18(22)3)29(24-16-32-24)23(30)15-28(6)14-19-9-8-10-20(11-19)25(4,5)31;1-2/h7-12,24,26,31H,1,13-16H2,2-6H3;1-2H3/b21-12+;. The summed E-state index contributed by atoms with van der Waals surface area (Å²) in [6.07, 6.45) is 3.13. The highest BCUT2D eigenvalue weighted by atomic mass is 16.6. The summed E-state index contributed by atoms with van der Waals surface area (Å²) in [5.74, 6) is 0.686. The number of allylic oxidation sites excluding steroid dienone is 1. The second kappa shape index (κ2) is 12.7. The van der Waals surface area contributed by atoms with Crippen LogP contribution in [0.2, 0.25) is 0 Å². The molecule has 0 bridgehead atoms. The fourth-order valence-electron chi connectivity index (χ4n) is 3.63. The predicted octanol–water partition coefficient (Wildman–Crippen LogP) is 3.98. The Morgan fingerprint density at radius 3 is 2.57 bits per heavy atom. The molecule has 8 nitrogen and oxygen atoms in total. The molecular weight excluding hydrogens is 444 g/mol. The van der Waals surface area contributed by atoms with E-state index in [1.54, 1.807) is 31.0 Å². The number of epoxide rings is 1. The van der Waals surface area contributed by atoms with E-state index in [4.69, 9.17) is 9.26 Å². The number of likely N-dealkylation sites (N-methyl/N-ethyl adjacent to an activating group) is 1. The quantitative estimate of drug-likeness (QED) is 0.368. The van der Waals surface area contributed by atoms with E-state index in [-0.39, 0.29) is 18.7 Å². The fraction of sp³-hybridized carbons (Fsp3) is 0.481. The number of rotatable bonds is 11. The summed E-state index contributed by atoms with van der Waals surface area (Å²) in [5.41, 5.74) is 3.43. The maximum absolute atomic E-state index is 13.2. The van der Waals surface area contributed by atoms with Gasteiger partial charge in [-0.25, -0.2) is 0 Å².